The van der Waals surface area contributed by atoms with E-state index in [0.717, 1.165) is 22.3 Å². The predicted octanol–water partition coefficient (Wildman–Crippen LogP) is 3.91. The van der Waals surface area contributed by atoms with E-state index in [4.69, 9.17) is 15.9 Å². The van der Waals surface area contributed by atoms with Crippen molar-refractivity contribution < 1.29 is 14.3 Å². The van der Waals surface area contributed by atoms with Crippen LogP contribution in [-0.4, -0.2) is 54.7 Å². The fourth-order valence-corrected chi connectivity index (χ4v) is 5.86. The largest absolute Gasteiger partial charge is 0.496 e. The number of carbonyl (C=O) groups is 2. The Balaban J connectivity index is 1.30. The third-order valence-corrected chi connectivity index (χ3v) is 8.03. The third kappa shape index (κ3) is 3.95. The summed E-state index contributed by atoms with van der Waals surface area (Å²) >= 11 is 1.53. The molecule has 2 aromatic carbocycles. The first-order valence-corrected chi connectivity index (χ1v) is 12.4. The van der Waals surface area contributed by atoms with E-state index in [1.807, 2.05) is 46.2 Å². The molecule has 0 radical (unpaired) electrons. The second kappa shape index (κ2) is 9.14. The molecule has 180 valence electrons. The van der Waals surface area contributed by atoms with E-state index in [1.54, 1.807) is 12.6 Å². The first kappa shape index (κ1) is 23.0. The van der Waals surface area contributed by atoms with Gasteiger partial charge in [-0.25, -0.2) is 4.98 Å². The van der Waals surface area contributed by atoms with Crippen molar-refractivity contribution in [3.8, 4) is 5.75 Å². The first-order valence-electron chi connectivity index (χ1n) is 11.5. The number of hydrogen-bond acceptors (Lipinski definition) is 7. The highest BCUT2D eigenvalue weighted by molar-refractivity contribution is 7.16. The highest BCUT2D eigenvalue weighted by atomic mass is 32.1. The van der Waals surface area contributed by atoms with Crippen LogP contribution in [0.25, 0.3) is 15.8 Å². The number of nitrogens with zero attached hydrogens (tertiary/aromatic N) is 3. The lowest BCUT2D eigenvalue weighted by molar-refractivity contribution is -0.127. The molecule has 0 bridgehead atoms. The van der Waals surface area contributed by atoms with E-state index < -0.39 is 5.41 Å². The Kier molecular flexibility index (Phi) is 6.02. The van der Waals surface area contributed by atoms with Crippen LogP contribution in [0.5, 0.6) is 5.75 Å². The molecule has 2 saturated heterocycles. The number of methoxy groups -OCH3 is 1. The van der Waals surface area contributed by atoms with Gasteiger partial charge in [0.2, 0.25) is 5.91 Å². The van der Waals surface area contributed by atoms with Gasteiger partial charge < -0.3 is 25.7 Å². The normalized spacial score (nSPS) is 17.9. The summed E-state index contributed by atoms with van der Waals surface area (Å²) in [6.45, 7) is 1.75. The lowest BCUT2D eigenvalue weighted by Crippen LogP contribution is -2.46. The number of nitrogens with two attached hydrogens (primary N) is 1. The van der Waals surface area contributed by atoms with Gasteiger partial charge in [0.25, 0.3) is 5.91 Å². The average molecular weight is 490 g/mol. The van der Waals surface area contributed by atoms with E-state index in [1.165, 1.54) is 23.8 Å². The summed E-state index contributed by atoms with van der Waals surface area (Å²) < 4.78 is 6.52. The molecule has 0 atom stereocenters. The highest BCUT2D eigenvalue weighted by Gasteiger charge is 2.49. The minimum Gasteiger partial charge on any atom is -0.496 e. The van der Waals surface area contributed by atoms with Crippen molar-refractivity contribution >= 4 is 50.8 Å². The summed E-state index contributed by atoms with van der Waals surface area (Å²) in [5, 5.41) is 7.56. The Bertz CT molecular complexity index is 1340. The van der Waals surface area contributed by atoms with Crippen molar-refractivity contribution in [1.29, 1.82) is 5.41 Å². The van der Waals surface area contributed by atoms with Crippen molar-refractivity contribution in [2.75, 3.05) is 31.6 Å². The Labute approximate surface area is 207 Å². The van der Waals surface area contributed by atoms with Crippen molar-refractivity contribution in [3.05, 3.63) is 59.2 Å². The molecule has 1 aromatic heterocycles. The summed E-state index contributed by atoms with van der Waals surface area (Å²) in [5.41, 5.74) is 10.6. The van der Waals surface area contributed by atoms with Crippen LogP contribution in [0.3, 0.4) is 0 Å². The number of hydrogen-bond donors (Lipinski definition) is 2. The molecule has 9 heteroatoms. The molecule has 35 heavy (non-hydrogen) atoms. The number of benzene rings is 2. The monoisotopic (exact) mass is 489 g/mol. The topological polar surface area (TPSA) is 113 Å². The first-order chi connectivity index (χ1) is 17.0. The van der Waals surface area contributed by atoms with Crippen molar-refractivity contribution in [3.63, 3.8) is 0 Å². The molecule has 3 aromatic rings. The van der Waals surface area contributed by atoms with E-state index in [2.05, 4.69) is 4.98 Å². The van der Waals surface area contributed by atoms with Gasteiger partial charge in [-0.2, -0.15) is 0 Å². The summed E-state index contributed by atoms with van der Waals surface area (Å²) in [4.78, 5) is 34.7. The molecule has 2 fully saturated rings. The van der Waals surface area contributed by atoms with Gasteiger partial charge >= 0.3 is 0 Å². The Morgan fingerprint density at radius 3 is 2.66 bits per heavy atom. The van der Waals surface area contributed by atoms with Gasteiger partial charge in [0, 0.05) is 60.5 Å². The summed E-state index contributed by atoms with van der Waals surface area (Å²) in [7, 11) is 1.56. The number of likely N-dealkylation sites (tertiary alicyclic amines) is 1. The number of piperidine rings is 1. The zero-order valence-electron chi connectivity index (χ0n) is 19.5. The minimum absolute atomic E-state index is 0.00716. The molecule has 2 aliphatic heterocycles. The Morgan fingerprint density at radius 1 is 1.17 bits per heavy atom. The second-order valence-corrected chi connectivity index (χ2v) is 9.85. The van der Waals surface area contributed by atoms with Gasteiger partial charge in [0.1, 0.15) is 5.75 Å². The number of thiazole rings is 1. The van der Waals surface area contributed by atoms with Gasteiger partial charge in [-0.15, -0.1) is 11.3 Å². The van der Waals surface area contributed by atoms with Gasteiger partial charge in [0.15, 0.2) is 0 Å². The van der Waals surface area contributed by atoms with Crippen molar-refractivity contribution in [2.24, 2.45) is 11.1 Å². The smallest absolute Gasteiger partial charge is 0.253 e. The van der Waals surface area contributed by atoms with Gasteiger partial charge in [-0.3, -0.25) is 9.59 Å². The molecule has 1 spiro atoms. The Morgan fingerprint density at radius 2 is 1.94 bits per heavy atom. The van der Waals surface area contributed by atoms with Crippen LogP contribution in [0, 0.1) is 10.8 Å². The third-order valence-electron chi connectivity index (χ3n) is 7.24. The Hall–Kier alpha value is -3.72. The molecule has 0 aliphatic carbocycles. The number of rotatable bonds is 5. The summed E-state index contributed by atoms with van der Waals surface area (Å²) in [6, 6.07) is 11.2. The second-order valence-electron chi connectivity index (χ2n) is 8.97. The lowest BCUT2D eigenvalue weighted by atomic mass is 9.77. The molecular formula is C26H27N5O3S. The highest BCUT2D eigenvalue weighted by Crippen LogP contribution is 2.44. The maximum atomic E-state index is 13.6. The fourth-order valence-electron chi connectivity index (χ4n) is 5.14. The van der Waals surface area contributed by atoms with E-state index >= 15 is 0 Å². The lowest BCUT2D eigenvalue weighted by Gasteiger charge is -2.38. The van der Waals surface area contributed by atoms with E-state index in [-0.39, 0.29) is 11.8 Å². The molecule has 8 nitrogen and oxygen atoms in total. The average Bonchev–Trinajstić information content (AvgIpc) is 3.49. The van der Waals surface area contributed by atoms with Crippen LogP contribution in [0.15, 0.2) is 48.1 Å². The molecule has 3 N–H and O–H groups in total. The SMILES string of the molecule is COc1cc(N2CCC3(CCN(C(=O)c4ccc5ncsc5c4)CC3)C2=O)ccc1/C(C=N)=C/N. The van der Waals surface area contributed by atoms with Crippen LogP contribution >= 0.6 is 11.3 Å². The van der Waals surface area contributed by atoms with Gasteiger partial charge in [-0.1, -0.05) is 0 Å². The number of allylic oxidation sites excluding steroid dienone is 1. The maximum absolute atomic E-state index is 13.6. The van der Waals surface area contributed by atoms with Crippen LogP contribution in [-0.2, 0) is 4.79 Å². The summed E-state index contributed by atoms with van der Waals surface area (Å²) in [6.07, 6.45) is 4.61. The zero-order chi connectivity index (χ0) is 24.6. The number of ether oxygens (including phenoxy) is 1. The number of amides is 2. The standard InChI is InChI=1S/C26H27N5O3S/c1-34-22-13-19(3-4-20(22)18(14-27)15-28)31-11-8-26(25(31)33)6-9-30(10-7-26)24(32)17-2-5-21-23(12-17)35-16-29-21/h2-5,12-16,27H,6-11,28H2,1H3/b18-15+,27-14?. The van der Waals surface area contributed by atoms with E-state index in [9.17, 15) is 9.59 Å². The van der Waals surface area contributed by atoms with Gasteiger partial charge in [0.05, 0.1) is 28.3 Å². The predicted molar refractivity (Wildman–Crippen MR) is 138 cm³/mol. The molecule has 3 heterocycles. The number of nitrogens with one attached hydrogen (secondary N) is 1. The molecule has 0 unspecified atom stereocenters. The number of anilines is 1. The van der Waals surface area contributed by atoms with Crippen molar-refractivity contribution in [1.82, 2.24) is 9.88 Å². The molecule has 2 aliphatic rings. The number of fused-ring (bicyclic) bond motifs is 1. The van der Waals surface area contributed by atoms with Crippen LogP contribution in [0.4, 0.5) is 5.69 Å². The molecule has 0 saturated carbocycles. The van der Waals surface area contributed by atoms with E-state index in [0.29, 0.717) is 54.9 Å². The van der Waals surface area contributed by atoms with Crippen molar-refractivity contribution in [2.45, 2.75) is 19.3 Å². The van der Waals surface area contributed by atoms with Crippen LogP contribution < -0.4 is 15.4 Å². The summed E-state index contributed by atoms with van der Waals surface area (Å²) in [5.74, 6) is 0.676. The molecule has 2 amide bonds. The maximum Gasteiger partial charge on any atom is 0.253 e. The van der Waals surface area contributed by atoms with Crippen LogP contribution in [0.2, 0.25) is 0 Å². The van der Waals surface area contributed by atoms with Crippen LogP contribution in [0.1, 0.15) is 35.2 Å². The quantitative estimate of drug-likeness (QED) is 0.528. The fraction of sp³-hybridized carbons (Fsp3) is 0.308. The molecular weight excluding hydrogens is 462 g/mol. The van der Waals surface area contributed by atoms with Gasteiger partial charge in [-0.05, 0) is 49.6 Å². The number of aromatic nitrogens is 1. The zero-order valence-corrected chi connectivity index (χ0v) is 20.3. The number of carbonyl (C=O) groups excluding carboxylic acids is 2. The minimum atomic E-state index is -0.443. The molecule has 5 rings (SSSR count).